The van der Waals surface area contributed by atoms with Crippen molar-refractivity contribution in [3.8, 4) is 0 Å². The van der Waals surface area contributed by atoms with Crippen molar-refractivity contribution in [2.75, 3.05) is 18.8 Å². The lowest BCUT2D eigenvalue weighted by Crippen LogP contribution is -2.38. The second-order valence-corrected chi connectivity index (χ2v) is 6.33. The molecule has 1 aromatic carbocycles. The predicted molar refractivity (Wildman–Crippen MR) is 71.0 cm³/mol. The lowest BCUT2D eigenvalue weighted by molar-refractivity contribution is 0.423. The van der Waals surface area contributed by atoms with Crippen molar-refractivity contribution in [1.82, 2.24) is 5.32 Å². The molecule has 16 heavy (non-hydrogen) atoms. The molecule has 2 aliphatic heterocycles. The molecule has 1 N–H and O–H groups in total. The van der Waals surface area contributed by atoms with Crippen LogP contribution in [0.4, 0.5) is 0 Å². The van der Waals surface area contributed by atoms with Crippen molar-refractivity contribution in [2.45, 2.75) is 30.4 Å². The molecule has 0 saturated carbocycles. The lowest BCUT2D eigenvalue weighted by atomic mass is 9.85. The monoisotopic (exact) mass is 233 g/mol. The second kappa shape index (κ2) is 4.42. The van der Waals surface area contributed by atoms with Crippen molar-refractivity contribution in [2.24, 2.45) is 0 Å². The first-order valence-electron chi connectivity index (χ1n) is 6.34. The quantitative estimate of drug-likeness (QED) is 0.739. The Kier molecular flexibility index (Phi) is 2.95. The van der Waals surface area contributed by atoms with Crippen LogP contribution in [-0.4, -0.2) is 18.8 Å². The van der Waals surface area contributed by atoms with Crippen LogP contribution in [0.3, 0.4) is 0 Å². The maximum Gasteiger partial charge on any atom is 0.0435 e. The van der Waals surface area contributed by atoms with Crippen LogP contribution in [-0.2, 0) is 11.2 Å². The number of fused-ring (bicyclic) bond motifs is 2. The molecule has 3 rings (SSSR count). The van der Waals surface area contributed by atoms with Crippen molar-refractivity contribution < 1.29 is 0 Å². The van der Waals surface area contributed by atoms with E-state index in [9.17, 15) is 0 Å². The Morgan fingerprint density at radius 3 is 2.81 bits per heavy atom. The van der Waals surface area contributed by atoms with Gasteiger partial charge in [-0.3, -0.25) is 0 Å². The molecule has 1 spiro atoms. The highest BCUT2D eigenvalue weighted by Crippen LogP contribution is 2.47. The molecule has 1 nitrogen and oxygen atoms in total. The van der Waals surface area contributed by atoms with Gasteiger partial charge in [-0.1, -0.05) is 24.3 Å². The van der Waals surface area contributed by atoms with E-state index in [1.807, 2.05) is 0 Å². The Labute approximate surface area is 102 Å². The zero-order valence-corrected chi connectivity index (χ0v) is 10.5. The van der Waals surface area contributed by atoms with E-state index in [1.54, 1.807) is 11.1 Å². The van der Waals surface area contributed by atoms with Crippen LogP contribution in [0.1, 0.15) is 30.4 Å². The number of rotatable bonds is 0. The van der Waals surface area contributed by atoms with Crippen LogP contribution >= 0.6 is 11.8 Å². The highest BCUT2D eigenvalue weighted by molar-refractivity contribution is 8.00. The summed E-state index contributed by atoms with van der Waals surface area (Å²) in [5.41, 5.74) is 3.24. The number of hydrogen-bond acceptors (Lipinski definition) is 2. The molecule has 0 aliphatic carbocycles. The van der Waals surface area contributed by atoms with Gasteiger partial charge in [-0.15, -0.1) is 0 Å². The van der Waals surface area contributed by atoms with E-state index in [2.05, 4.69) is 41.3 Å². The Hall–Kier alpha value is -0.470. The van der Waals surface area contributed by atoms with Gasteiger partial charge in [-0.2, -0.15) is 11.8 Å². The minimum atomic E-state index is 0.429. The predicted octanol–water partition coefficient (Wildman–Crippen LogP) is 2.94. The third-order valence-corrected chi connectivity index (χ3v) is 5.56. The largest absolute Gasteiger partial charge is 0.317 e. The summed E-state index contributed by atoms with van der Waals surface area (Å²) < 4.78 is 0.429. The van der Waals surface area contributed by atoms with Crippen LogP contribution in [0.2, 0.25) is 0 Å². The summed E-state index contributed by atoms with van der Waals surface area (Å²) in [7, 11) is 0. The minimum absolute atomic E-state index is 0.429. The SMILES string of the molecule is c1ccc2c(c1)CCCSC21CCNCC1. The molecule has 0 atom stereocenters. The molecule has 1 saturated heterocycles. The fourth-order valence-corrected chi connectivity index (χ4v) is 4.56. The molecule has 0 unspecified atom stereocenters. The van der Waals surface area contributed by atoms with E-state index in [0.717, 1.165) is 0 Å². The maximum absolute atomic E-state index is 3.49. The third kappa shape index (κ3) is 1.78. The standard InChI is InChI=1S/C14H19NS/c1-2-6-13-12(4-1)5-3-11-16-14(13)7-9-15-10-8-14/h1-2,4,6,15H,3,5,7-11H2. The van der Waals surface area contributed by atoms with Gasteiger partial charge in [0, 0.05) is 4.75 Å². The van der Waals surface area contributed by atoms with Gasteiger partial charge in [-0.25, -0.2) is 0 Å². The van der Waals surface area contributed by atoms with E-state index >= 15 is 0 Å². The molecule has 0 aromatic heterocycles. The van der Waals surface area contributed by atoms with Crippen molar-refractivity contribution in [3.05, 3.63) is 35.4 Å². The molecule has 0 radical (unpaired) electrons. The minimum Gasteiger partial charge on any atom is -0.317 e. The van der Waals surface area contributed by atoms with Gasteiger partial charge in [0.1, 0.15) is 0 Å². The summed E-state index contributed by atoms with van der Waals surface area (Å²) in [5.74, 6) is 1.33. The zero-order valence-electron chi connectivity index (χ0n) is 9.67. The second-order valence-electron chi connectivity index (χ2n) is 4.85. The average molecular weight is 233 g/mol. The maximum atomic E-state index is 3.49. The smallest absolute Gasteiger partial charge is 0.0435 e. The number of thioether (sulfide) groups is 1. The Balaban J connectivity index is 2.04. The van der Waals surface area contributed by atoms with E-state index in [0.29, 0.717) is 4.75 Å². The van der Waals surface area contributed by atoms with Crippen molar-refractivity contribution in [1.29, 1.82) is 0 Å². The average Bonchev–Trinajstić information content (AvgIpc) is 2.52. The van der Waals surface area contributed by atoms with E-state index in [4.69, 9.17) is 0 Å². The van der Waals surface area contributed by atoms with Crippen LogP contribution in [0, 0.1) is 0 Å². The van der Waals surface area contributed by atoms with Crippen LogP contribution in [0.15, 0.2) is 24.3 Å². The van der Waals surface area contributed by atoms with Crippen molar-refractivity contribution in [3.63, 3.8) is 0 Å². The van der Waals surface area contributed by atoms with Gasteiger partial charge in [0.2, 0.25) is 0 Å². The summed E-state index contributed by atoms with van der Waals surface area (Å²) in [6.45, 7) is 2.36. The molecule has 2 heterocycles. The first-order chi connectivity index (χ1) is 7.91. The highest BCUT2D eigenvalue weighted by atomic mass is 32.2. The molecular weight excluding hydrogens is 214 g/mol. The molecule has 0 amide bonds. The van der Waals surface area contributed by atoms with Gasteiger partial charge in [0.25, 0.3) is 0 Å². The van der Waals surface area contributed by atoms with Gasteiger partial charge >= 0.3 is 0 Å². The fraction of sp³-hybridized carbons (Fsp3) is 0.571. The molecular formula is C14H19NS. The van der Waals surface area contributed by atoms with Gasteiger partial charge < -0.3 is 5.32 Å². The summed E-state index contributed by atoms with van der Waals surface area (Å²) >= 11 is 2.21. The molecule has 2 aliphatic rings. The topological polar surface area (TPSA) is 12.0 Å². The van der Waals surface area contributed by atoms with Crippen LogP contribution in [0.25, 0.3) is 0 Å². The van der Waals surface area contributed by atoms with Gasteiger partial charge in [-0.05, 0) is 55.7 Å². The number of aryl methyl sites for hydroxylation is 1. The normalized spacial score (nSPS) is 23.8. The third-order valence-electron chi connectivity index (χ3n) is 3.89. The number of piperidine rings is 1. The zero-order chi connectivity index (χ0) is 10.8. The summed E-state index contributed by atoms with van der Waals surface area (Å²) in [4.78, 5) is 0. The molecule has 0 bridgehead atoms. The van der Waals surface area contributed by atoms with E-state index in [-0.39, 0.29) is 0 Å². The molecule has 1 fully saturated rings. The van der Waals surface area contributed by atoms with E-state index in [1.165, 1.54) is 44.5 Å². The summed E-state index contributed by atoms with van der Waals surface area (Å²) in [6, 6.07) is 9.13. The Morgan fingerprint density at radius 1 is 1.12 bits per heavy atom. The van der Waals surface area contributed by atoms with E-state index < -0.39 is 0 Å². The lowest BCUT2D eigenvalue weighted by Gasteiger charge is -2.37. The van der Waals surface area contributed by atoms with Crippen molar-refractivity contribution >= 4 is 11.8 Å². The highest BCUT2D eigenvalue weighted by Gasteiger charge is 2.36. The molecule has 2 heteroatoms. The van der Waals surface area contributed by atoms with Gasteiger partial charge in [0.05, 0.1) is 0 Å². The van der Waals surface area contributed by atoms with Crippen LogP contribution < -0.4 is 5.32 Å². The Morgan fingerprint density at radius 2 is 1.94 bits per heavy atom. The number of hydrogen-bond donors (Lipinski definition) is 1. The summed E-state index contributed by atoms with van der Waals surface area (Å²) in [5, 5.41) is 3.49. The first kappa shape index (κ1) is 10.7. The fourth-order valence-electron chi connectivity index (χ4n) is 3.03. The van der Waals surface area contributed by atoms with Crippen LogP contribution in [0.5, 0.6) is 0 Å². The number of nitrogens with one attached hydrogen (secondary N) is 1. The molecule has 86 valence electrons. The Bertz CT molecular complexity index is 369. The first-order valence-corrected chi connectivity index (χ1v) is 7.32. The van der Waals surface area contributed by atoms with Gasteiger partial charge in [0.15, 0.2) is 0 Å². The number of benzene rings is 1. The molecule has 1 aromatic rings. The summed E-state index contributed by atoms with van der Waals surface area (Å²) in [6.07, 6.45) is 5.22.